The Morgan fingerprint density at radius 3 is 2.03 bits per heavy atom. The van der Waals surface area contributed by atoms with E-state index in [1.807, 2.05) is 0 Å². The molecule has 1 amide bonds. The zero-order chi connectivity index (χ0) is 21.1. The summed E-state index contributed by atoms with van der Waals surface area (Å²) < 4.78 is 0. The number of carboxylic acid groups (broad SMARTS) is 1. The summed E-state index contributed by atoms with van der Waals surface area (Å²) in [5.74, 6) is -2.93. The van der Waals surface area contributed by atoms with Crippen LogP contribution in [-0.2, 0) is 14.4 Å². The summed E-state index contributed by atoms with van der Waals surface area (Å²) in [5, 5.41) is 20.7. The number of carbonyl (C=O) groups excluding carboxylic acids is 2. The van der Waals surface area contributed by atoms with E-state index in [2.05, 4.69) is 0 Å². The fourth-order valence-corrected chi connectivity index (χ4v) is 3.52. The van der Waals surface area contributed by atoms with Gasteiger partial charge in [-0.3, -0.25) is 14.4 Å². The average Bonchev–Trinajstić information content (AvgIpc) is 2.93. The number of hydrogen-bond acceptors (Lipinski definition) is 4. The molecule has 1 aliphatic rings. The molecule has 3 rings (SSSR count). The molecule has 2 aromatic rings. The molecule has 1 fully saturated rings. The van der Waals surface area contributed by atoms with Crippen molar-refractivity contribution in [1.82, 2.24) is 4.90 Å². The summed E-state index contributed by atoms with van der Waals surface area (Å²) in [6.45, 7) is 0.0571. The Hall–Kier alpha value is -2.83. The minimum Gasteiger partial charge on any atom is -0.507 e. The number of aliphatic hydroxyl groups excluding tert-OH is 1. The van der Waals surface area contributed by atoms with Crippen LogP contribution in [0.5, 0.6) is 0 Å². The van der Waals surface area contributed by atoms with Crippen LogP contribution >= 0.6 is 23.2 Å². The van der Waals surface area contributed by atoms with Crippen molar-refractivity contribution in [3.8, 4) is 0 Å². The van der Waals surface area contributed by atoms with Gasteiger partial charge in [-0.25, -0.2) is 0 Å². The van der Waals surface area contributed by atoms with E-state index in [4.69, 9.17) is 28.3 Å². The van der Waals surface area contributed by atoms with Crippen LogP contribution in [-0.4, -0.2) is 39.3 Å². The molecule has 1 aliphatic heterocycles. The van der Waals surface area contributed by atoms with Crippen molar-refractivity contribution in [3.05, 3.63) is 75.3 Å². The summed E-state index contributed by atoms with van der Waals surface area (Å²) in [7, 11) is 0. The van der Waals surface area contributed by atoms with Crippen LogP contribution in [0.1, 0.15) is 30.0 Å². The number of nitrogens with zero attached hydrogens (tertiary/aromatic N) is 1. The van der Waals surface area contributed by atoms with Gasteiger partial charge < -0.3 is 15.1 Å². The highest BCUT2D eigenvalue weighted by molar-refractivity contribution is 6.46. The minimum absolute atomic E-state index is 0.0571. The maximum absolute atomic E-state index is 12.8. The van der Waals surface area contributed by atoms with Gasteiger partial charge in [-0.05, 0) is 48.4 Å². The van der Waals surface area contributed by atoms with E-state index >= 15 is 0 Å². The number of benzene rings is 2. The standard InChI is InChI=1S/C21H17Cl2NO5/c22-14-7-3-12(4-8-14)18-17(19(27)13-5-9-15(23)10-6-13)20(28)21(29)24(18)11-1-2-16(25)26/h3-10,18,27H,1-2,11H2,(H,25,26)/b19-17+/t18-/m0/s1. The molecule has 1 heterocycles. The lowest BCUT2D eigenvalue weighted by Gasteiger charge is -2.25. The number of carboxylic acids is 1. The molecule has 2 N–H and O–H groups in total. The number of amides is 1. The third kappa shape index (κ3) is 4.44. The smallest absolute Gasteiger partial charge is 0.303 e. The van der Waals surface area contributed by atoms with Crippen molar-refractivity contribution in [2.75, 3.05) is 6.54 Å². The summed E-state index contributed by atoms with van der Waals surface area (Å²) in [6.07, 6.45) is 0.0287. The summed E-state index contributed by atoms with van der Waals surface area (Å²) in [6, 6.07) is 12.0. The van der Waals surface area contributed by atoms with Crippen LogP contribution in [0.4, 0.5) is 0 Å². The van der Waals surface area contributed by atoms with E-state index in [0.29, 0.717) is 21.2 Å². The second kappa shape index (κ2) is 8.68. The molecule has 0 radical (unpaired) electrons. The second-order valence-corrected chi connectivity index (χ2v) is 7.42. The zero-order valence-electron chi connectivity index (χ0n) is 15.1. The number of hydrogen-bond donors (Lipinski definition) is 2. The van der Waals surface area contributed by atoms with E-state index in [9.17, 15) is 19.5 Å². The van der Waals surface area contributed by atoms with Gasteiger partial charge in [0, 0.05) is 28.6 Å². The Labute approximate surface area is 177 Å². The molecule has 2 aromatic carbocycles. The Morgan fingerprint density at radius 1 is 0.931 bits per heavy atom. The maximum atomic E-state index is 12.8. The molecule has 0 unspecified atom stereocenters. The number of carbonyl (C=O) groups is 3. The van der Waals surface area contributed by atoms with Crippen molar-refractivity contribution in [3.63, 3.8) is 0 Å². The number of aliphatic hydroxyl groups is 1. The van der Waals surface area contributed by atoms with Crippen LogP contribution in [0, 0.1) is 0 Å². The molecular weight excluding hydrogens is 417 g/mol. The quantitative estimate of drug-likeness (QED) is 0.402. The lowest BCUT2D eigenvalue weighted by molar-refractivity contribution is -0.140. The van der Waals surface area contributed by atoms with Gasteiger partial charge in [-0.2, -0.15) is 0 Å². The Balaban J connectivity index is 2.08. The maximum Gasteiger partial charge on any atom is 0.303 e. The van der Waals surface area contributed by atoms with Crippen molar-refractivity contribution < 1.29 is 24.6 Å². The number of Topliss-reactive ketones (excluding diaryl/α,β-unsaturated/α-hetero) is 1. The predicted octanol–water partition coefficient (Wildman–Crippen LogP) is 4.28. The number of likely N-dealkylation sites (tertiary alicyclic amines) is 1. The first-order valence-electron chi connectivity index (χ1n) is 8.81. The molecule has 8 heteroatoms. The minimum atomic E-state index is -0.995. The number of rotatable bonds is 6. The van der Waals surface area contributed by atoms with Crippen molar-refractivity contribution >= 4 is 46.6 Å². The van der Waals surface area contributed by atoms with E-state index in [-0.39, 0.29) is 30.7 Å². The topological polar surface area (TPSA) is 94.9 Å². The third-order valence-corrected chi connectivity index (χ3v) is 5.14. The Kier molecular flexibility index (Phi) is 6.25. The van der Waals surface area contributed by atoms with Gasteiger partial charge in [-0.15, -0.1) is 0 Å². The van der Waals surface area contributed by atoms with Crippen molar-refractivity contribution in [2.45, 2.75) is 18.9 Å². The number of aliphatic carboxylic acids is 1. The first-order chi connectivity index (χ1) is 13.8. The molecule has 0 aromatic heterocycles. The molecular formula is C21H17Cl2NO5. The van der Waals surface area contributed by atoms with E-state index in [1.165, 1.54) is 4.90 Å². The molecule has 0 spiro atoms. The highest BCUT2D eigenvalue weighted by Crippen LogP contribution is 2.39. The molecule has 6 nitrogen and oxygen atoms in total. The van der Waals surface area contributed by atoms with Gasteiger partial charge >= 0.3 is 5.97 Å². The summed E-state index contributed by atoms with van der Waals surface area (Å²) in [5.41, 5.74) is 0.867. The van der Waals surface area contributed by atoms with Gasteiger partial charge in [0.2, 0.25) is 0 Å². The van der Waals surface area contributed by atoms with Crippen LogP contribution in [0.2, 0.25) is 10.0 Å². The van der Waals surface area contributed by atoms with Gasteiger partial charge in [0.05, 0.1) is 11.6 Å². The van der Waals surface area contributed by atoms with Crippen LogP contribution in [0.3, 0.4) is 0 Å². The largest absolute Gasteiger partial charge is 0.507 e. The molecule has 29 heavy (non-hydrogen) atoms. The van der Waals surface area contributed by atoms with Gasteiger partial charge in [-0.1, -0.05) is 35.3 Å². The Bertz CT molecular complexity index is 983. The van der Waals surface area contributed by atoms with Crippen LogP contribution in [0.25, 0.3) is 5.76 Å². The Morgan fingerprint density at radius 2 is 1.48 bits per heavy atom. The van der Waals surface area contributed by atoms with Gasteiger partial charge in [0.15, 0.2) is 0 Å². The predicted molar refractivity (Wildman–Crippen MR) is 109 cm³/mol. The van der Waals surface area contributed by atoms with Crippen molar-refractivity contribution in [2.24, 2.45) is 0 Å². The summed E-state index contributed by atoms with van der Waals surface area (Å²) >= 11 is 11.8. The van der Waals surface area contributed by atoms with E-state index in [0.717, 1.165) is 0 Å². The normalized spacial score (nSPS) is 18.3. The average molecular weight is 434 g/mol. The third-order valence-electron chi connectivity index (χ3n) is 4.63. The fraction of sp³-hybridized carbons (Fsp3) is 0.190. The fourth-order valence-electron chi connectivity index (χ4n) is 3.27. The van der Waals surface area contributed by atoms with Crippen LogP contribution < -0.4 is 0 Å². The molecule has 0 bridgehead atoms. The first-order valence-corrected chi connectivity index (χ1v) is 9.57. The van der Waals surface area contributed by atoms with Gasteiger partial charge in [0.25, 0.3) is 11.7 Å². The molecule has 1 saturated heterocycles. The molecule has 1 atom stereocenters. The highest BCUT2D eigenvalue weighted by Gasteiger charge is 2.45. The molecule has 0 saturated carbocycles. The van der Waals surface area contributed by atoms with E-state index < -0.39 is 23.7 Å². The first kappa shape index (κ1) is 20.9. The van der Waals surface area contributed by atoms with Crippen molar-refractivity contribution in [1.29, 1.82) is 0 Å². The molecule has 0 aliphatic carbocycles. The van der Waals surface area contributed by atoms with E-state index in [1.54, 1.807) is 48.5 Å². The molecule has 150 valence electrons. The van der Waals surface area contributed by atoms with Gasteiger partial charge in [0.1, 0.15) is 5.76 Å². The number of halogens is 2. The second-order valence-electron chi connectivity index (χ2n) is 6.55. The summed E-state index contributed by atoms with van der Waals surface area (Å²) in [4.78, 5) is 37.6. The highest BCUT2D eigenvalue weighted by atomic mass is 35.5. The lowest BCUT2D eigenvalue weighted by Crippen LogP contribution is -2.31. The van der Waals surface area contributed by atoms with Crippen LogP contribution in [0.15, 0.2) is 54.1 Å². The number of ketones is 1. The zero-order valence-corrected chi connectivity index (χ0v) is 16.7. The SMILES string of the molecule is O=C(O)CCCN1C(=O)C(=O)/C(=C(/O)c2ccc(Cl)cc2)[C@@H]1c1ccc(Cl)cc1. The monoisotopic (exact) mass is 433 g/mol. The lowest BCUT2D eigenvalue weighted by atomic mass is 9.95.